The van der Waals surface area contributed by atoms with Crippen LogP contribution in [0.2, 0.25) is 0 Å². The predicted octanol–water partition coefficient (Wildman–Crippen LogP) is 2.86. The number of esters is 1. The van der Waals surface area contributed by atoms with E-state index in [4.69, 9.17) is 4.74 Å². The molecule has 4 nitrogen and oxygen atoms in total. The van der Waals surface area contributed by atoms with Crippen LogP contribution in [0.15, 0.2) is 0 Å². The van der Waals surface area contributed by atoms with Gasteiger partial charge in [-0.05, 0) is 32.6 Å². The molecule has 0 N–H and O–H groups in total. The standard InChI is InChI=1S/C15H29NO3/c1-6-13(11-14(17)16(7-2)8-3)15(18)19-10-9-12(4)5/h12-13H,6-11H2,1-5H3. The van der Waals surface area contributed by atoms with Crippen molar-refractivity contribution in [1.82, 2.24) is 4.90 Å². The Morgan fingerprint density at radius 1 is 1.11 bits per heavy atom. The van der Waals surface area contributed by atoms with Crippen LogP contribution in [0.1, 0.15) is 53.9 Å². The highest BCUT2D eigenvalue weighted by Gasteiger charge is 2.23. The zero-order valence-electron chi connectivity index (χ0n) is 13.1. The SMILES string of the molecule is CCC(CC(=O)N(CC)CC)C(=O)OCCC(C)C. The van der Waals surface area contributed by atoms with Crippen molar-refractivity contribution < 1.29 is 14.3 Å². The van der Waals surface area contributed by atoms with Crippen LogP contribution in [0.4, 0.5) is 0 Å². The zero-order chi connectivity index (χ0) is 14.8. The summed E-state index contributed by atoms with van der Waals surface area (Å²) in [5, 5.41) is 0. The molecule has 0 heterocycles. The second-order valence-electron chi connectivity index (χ2n) is 5.23. The molecule has 1 unspecified atom stereocenters. The molecule has 0 aliphatic heterocycles. The number of rotatable bonds is 9. The van der Waals surface area contributed by atoms with E-state index in [1.807, 2.05) is 20.8 Å². The summed E-state index contributed by atoms with van der Waals surface area (Å²) in [5.74, 6) is 0.0201. The third-order valence-corrected chi connectivity index (χ3v) is 3.30. The van der Waals surface area contributed by atoms with Crippen molar-refractivity contribution >= 4 is 11.9 Å². The first-order valence-electron chi connectivity index (χ1n) is 7.40. The smallest absolute Gasteiger partial charge is 0.309 e. The number of amides is 1. The summed E-state index contributed by atoms with van der Waals surface area (Å²) in [6.07, 6.45) is 1.78. The Balaban J connectivity index is 4.25. The van der Waals surface area contributed by atoms with Crippen molar-refractivity contribution in [2.45, 2.75) is 53.9 Å². The molecule has 1 amide bonds. The molecule has 0 saturated heterocycles. The topological polar surface area (TPSA) is 46.6 Å². The van der Waals surface area contributed by atoms with E-state index in [1.165, 1.54) is 0 Å². The second-order valence-corrected chi connectivity index (χ2v) is 5.23. The van der Waals surface area contributed by atoms with Gasteiger partial charge in [-0.25, -0.2) is 0 Å². The maximum atomic E-state index is 12.0. The van der Waals surface area contributed by atoms with Crippen molar-refractivity contribution in [3.63, 3.8) is 0 Å². The van der Waals surface area contributed by atoms with Gasteiger partial charge in [0.1, 0.15) is 0 Å². The van der Waals surface area contributed by atoms with Crippen LogP contribution >= 0.6 is 0 Å². The summed E-state index contributed by atoms with van der Waals surface area (Å²) in [5.41, 5.74) is 0. The lowest BCUT2D eigenvalue weighted by Gasteiger charge is -2.21. The Hall–Kier alpha value is -1.06. The van der Waals surface area contributed by atoms with Crippen LogP contribution in [0.25, 0.3) is 0 Å². The molecule has 0 aliphatic rings. The molecule has 4 heteroatoms. The maximum absolute atomic E-state index is 12.0. The molecule has 0 saturated carbocycles. The number of hydrogen-bond acceptors (Lipinski definition) is 3. The molecular weight excluding hydrogens is 242 g/mol. The van der Waals surface area contributed by atoms with Gasteiger partial charge in [0.05, 0.1) is 12.5 Å². The lowest BCUT2D eigenvalue weighted by Crippen LogP contribution is -2.33. The summed E-state index contributed by atoms with van der Waals surface area (Å²) in [6.45, 7) is 11.8. The van der Waals surface area contributed by atoms with E-state index in [-0.39, 0.29) is 24.2 Å². The lowest BCUT2D eigenvalue weighted by molar-refractivity contribution is -0.152. The number of carbonyl (C=O) groups is 2. The molecule has 19 heavy (non-hydrogen) atoms. The van der Waals surface area contributed by atoms with E-state index in [1.54, 1.807) is 4.90 Å². The van der Waals surface area contributed by atoms with Gasteiger partial charge in [0.15, 0.2) is 0 Å². The molecule has 0 spiro atoms. The summed E-state index contributed by atoms with van der Waals surface area (Å²) in [7, 11) is 0. The van der Waals surface area contributed by atoms with E-state index < -0.39 is 0 Å². The molecule has 0 bridgehead atoms. The molecule has 0 rings (SSSR count). The van der Waals surface area contributed by atoms with Crippen LogP contribution in [-0.4, -0.2) is 36.5 Å². The van der Waals surface area contributed by atoms with Crippen molar-refractivity contribution in [3.05, 3.63) is 0 Å². The summed E-state index contributed by atoms with van der Waals surface area (Å²) >= 11 is 0. The van der Waals surface area contributed by atoms with Crippen LogP contribution in [-0.2, 0) is 14.3 Å². The van der Waals surface area contributed by atoms with Gasteiger partial charge in [0.25, 0.3) is 0 Å². The summed E-state index contributed by atoms with van der Waals surface area (Å²) < 4.78 is 5.24. The molecule has 0 aromatic carbocycles. The molecular formula is C15H29NO3. The molecule has 0 aliphatic carbocycles. The van der Waals surface area contributed by atoms with Gasteiger partial charge in [-0.1, -0.05) is 20.8 Å². The highest BCUT2D eigenvalue weighted by atomic mass is 16.5. The van der Waals surface area contributed by atoms with Gasteiger partial charge in [0.2, 0.25) is 5.91 Å². The monoisotopic (exact) mass is 271 g/mol. The average Bonchev–Trinajstić information content (AvgIpc) is 2.36. The summed E-state index contributed by atoms with van der Waals surface area (Å²) in [6, 6.07) is 0. The molecule has 1 atom stereocenters. The van der Waals surface area contributed by atoms with Crippen LogP contribution < -0.4 is 0 Å². The average molecular weight is 271 g/mol. The normalized spacial score (nSPS) is 12.3. The van der Waals surface area contributed by atoms with Gasteiger partial charge in [-0.15, -0.1) is 0 Å². The van der Waals surface area contributed by atoms with Crippen LogP contribution in [0.5, 0.6) is 0 Å². The zero-order valence-corrected chi connectivity index (χ0v) is 13.1. The fourth-order valence-corrected chi connectivity index (χ4v) is 1.82. The Labute approximate surface area is 117 Å². The number of nitrogens with zero attached hydrogens (tertiary/aromatic N) is 1. The van der Waals surface area contributed by atoms with E-state index >= 15 is 0 Å². The molecule has 0 fully saturated rings. The number of carbonyl (C=O) groups excluding carboxylic acids is 2. The first-order chi connectivity index (χ1) is 8.96. The molecule has 0 aromatic rings. The van der Waals surface area contributed by atoms with Gasteiger partial charge in [0, 0.05) is 19.5 Å². The third kappa shape index (κ3) is 7.19. The van der Waals surface area contributed by atoms with Crippen LogP contribution in [0, 0.1) is 11.8 Å². The van der Waals surface area contributed by atoms with Crippen molar-refractivity contribution in [2.24, 2.45) is 11.8 Å². The van der Waals surface area contributed by atoms with Gasteiger partial charge >= 0.3 is 5.97 Å². The van der Waals surface area contributed by atoms with Crippen LogP contribution in [0.3, 0.4) is 0 Å². The van der Waals surface area contributed by atoms with E-state index in [2.05, 4.69) is 13.8 Å². The molecule has 112 valence electrons. The Kier molecular flexibility index (Phi) is 9.27. The minimum Gasteiger partial charge on any atom is -0.465 e. The Morgan fingerprint density at radius 2 is 1.68 bits per heavy atom. The van der Waals surface area contributed by atoms with Crippen molar-refractivity contribution in [1.29, 1.82) is 0 Å². The highest BCUT2D eigenvalue weighted by Crippen LogP contribution is 2.13. The maximum Gasteiger partial charge on any atom is 0.309 e. The molecule has 0 radical (unpaired) electrons. The van der Waals surface area contributed by atoms with Crippen molar-refractivity contribution in [3.8, 4) is 0 Å². The van der Waals surface area contributed by atoms with Crippen molar-refractivity contribution in [2.75, 3.05) is 19.7 Å². The first kappa shape index (κ1) is 17.9. The van der Waals surface area contributed by atoms with E-state index in [0.29, 0.717) is 32.0 Å². The first-order valence-corrected chi connectivity index (χ1v) is 7.40. The summed E-state index contributed by atoms with van der Waals surface area (Å²) in [4.78, 5) is 25.6. The highest BCUT2D eigenvalue weighted by molar-refractivity contribution is 5.83. The van der Waals surface area contributed by atoms with Gasteiger partial charge in [-0.3, -0.25) is 9.59 Å². The number of ether oxygens (including phenoxy) is 1. The minimum atomic E-state index is -0.305. The molecule has 0 aromatic heterocycles. The third-order valence-electron chi connectivity index (χ3n) is 3.30. The largest absolute Gasteiger partial charge is 0.465 e. The predicted molar refractivity (Wildman–Crippen MR) is 76.7 cm³/mol. The van der Waals surface area contributed by atoms with Gasteiger partial charge in [-0.2, -0.15) is 0 Å². The number of hydrogen-bond donors (Lipinski definition) is 0. The fraction of sp³-hybridized carbons (Fsp3) is 0.867. The fourth-order valence-electron chi connectivity index (χ4n) is 1.82. The Bertz CT molecular complexity index is 273. The minimum absolute atomic E-state index is 0.0395. The quantitative estimate of drug-likeness (QED) is 0.606. The van der Waals surface area contributed by atoms with Gasteiger partial charge < -0.3 is 9.64 Å². The second kappa shape index (κ2) is 9.82. The lowest BCUT2D eigenvalue weighted by atomic mass is 10.0. The van der Waals surface area contributed by atoms with E-state index in [0.717, 1.165) is 6.42 Å². The van der Waals surface area contributed by atoms with E-state index in [9.17, 15) is 9.59 Å². The Morgan fingerprint density at radius 3 is 2.11 bits per heavy atom.